The Balaban J connectivity index is 1.34. The van der Waals surface area contributed by atoms with Crippen molar-refractivity contribution in [2.75, 3.05) is 26.2 Å². The molecule has 5 rings (SSSR count). The molecule has 3 heterocycles. The van der Waals surface area contributed by atoms with Crippen LogP contribution in [-0.2, 0) is 0 Å². The molecule has 2 fully saturated rings. The number of rotatable bonds is 6. The van der Waals surface area contributed by atoms with Gasteiger partial charge in [0, 0.05) is 37.6 Å². The van der Waals surface area contributed by atoms with Crippen molar-refractivity contribution in [2.45, 2.75) is 43.7 Å². The first-order valence-corrected chi connectivity index (χ1v) is 12.5. The lowest BCUT2D eigenvalue weighted by molar-refractivity contribution is 0.0701. The van der Waals surface area contributed by atoms with E-state index < -0.39 is 0 Å². The Kier molecular flexibility index (Phi) is 6.93. The number of carbonyl (C=O) groups is 1. The molecule has 0 saturated carbocycles. The molecule has 4 unspecified atom stereocenters. The summed E-state index contributed by atoms with van der Waals surface area (Å²) in [6, 6.07) is 22.8. The minimum Gasteiger partial charge on any atom is -0.332 e. The number of amides is 1. The number of hydrogen-bond donors (Lipinski definition) is 1. The molecule has 5 nitrogen and oxygen atoms in total. The molecule has 0 bridgehead atoms. The van der Waals surface area contributed by atoms with E-state index in [-0.39, 0.29) is 23.8 Å². The highest BCUT2D eigenvalue weighted by Crippen LogP contribution is 2.35. The fraction of sp³-hybridized carbons (Fsp3) is 0.379. The highest BCUT2D eigenvalue weighted by atomic mass is 19.1. The Bertz CT molecular complexity index is 1170. The lowest BCUT2D eigenvalue weighted by Gasteiger charge is -2.28. The van der Waals surface area contributed by atoms with E-state index in [4.69, 9.17) is 5.73 Å². The van der Waals surface area contributed by atoms with Crippen LogP contribution in [0.4, 0.5) is 4.39 Å². The van der Waals surface area contributed by atoms with Crippen LogP contribution in [-0.4, -0.2) is 52.9 Å². The lowest BCUT2D eigenvalue weighted by atomic mass is 9.96. The summed E-state index contributed by atoms with van der Waals surface area (Å²) in [5.74, 6) is 0.409. The van der Waals surface area contributed by atoms with Gasteiger partial charge in [0.2, 0.25) is 0 Å². The topological polar surface area (TPSA) is 62.5 Å². The van der Waals surface area contributed by atoms with Crippen LogP contribution in [0, 0.1) is 5.82 Å². The molecule has 1 amide bonds. The first kappa shape index (κ1) is 23.6. The van der Waals surface area contributed by atoms with Crippen molar-refractivity contribution in [2.24, 2.45) is 5.73 Å². The molecule has 2 aromatic carbocycles. The molecule has 3 aromatic rings. The summed E-state index contributed by atoms with van der Waals surface area (Å²) in [4.78, 5) is 22.7. The molecule has 0 spiro atoms. The minimum atomic E-state index is -0.224. The zero-order chi connectivity index (χ0) is 24.4. The van der Waals surface area contributed by atoms with Gasteiger partial charge in [0.1, 0.15) is 11.5 Å². The molecule has 2 aliphatic rings. The van der Waals surface area contributed by atoms with Gasteiger partial charge in [0.15, 0.2) is 0 Å². The molecule has 6 heteroatoms. The normalized spacial score (nSPS) is 23.5. The highest BCUT2D eigenvalue weighted by molar-refractivity contribution is 5.93. The second-order valence-electron chi connectivity index (χ2n) is 9.99. The van der Waals surface area contributed by atoms with Crippen molar-refractivity contribution in [3.05, 3.63) is 101 Å². The van der Waals surface area contributed by atoms with Gasteiger partial charge in [-0.3, -0.25) is 4.79 Å². The lowest BCUT2D eigenvalue weighted by Crippen LogP contribution is -2.43. The van der Waals surface area contributed by atoms with Gasteiger partial charge >= 0.3 is 0 Å². The number of halogens is 1. The molecule has 0 aliphatic carbocycles. The van der Waals surface area contributed by atoms with Gasteiger partial charge in [0.25, 0.3) is 5.91 Å². The third kappa shape index (κ3) is 5.29. The second kappa shape index (κ2) is 10.3. The molecule has 2 N–H and O–H groups in total. The fourth-order valence-electron chi connectivity index (χ4n) is 5.61. The molecule has 182 valence electrons. The Morgan fingerprint density at radius 3 is 2.57 bits per heavy atom. The van der Waals surface area contributed by atoms with Crippen molar-refractivity contribution < 1.29 is 9.18 Å². The molecule has 1 aromatic heterocycles. The molecular weight excluding hydrogens is 439 g/mol. The van der Waals surface area contributed by atoms with Crippen LogP contribution in [0.1, 0.15) is 65.0 Å². The smallest absolute Gasteiger partial charge is 0.272 e. The summed E-state index contributed by atoms with van der Waals surface area (Å²) < 4.78 is 13.8. The molecular formula is C29H33FN4O. The summed E-state index contributed by atoms with van der Waals surface area (Å²) in [5, 5.41) is 0. The van der Waals surface area contributed by atoms with Crippen molar-refractivity contribution in [1.82, 2.24) is 14.8 Å². The molecule has 2 aliphatic heterocycles. The van der Waals surface area contributed by atoms with Crippen molar-refractivity contribution in [3.63, 3.8) is 0 Å². The average Bonchev–Trinajstić information content (AvgIpc) is 3.52. The Labute approximate surface area is 206 Å². The summed E-state index contributed by atoms with van der Waals surface area (Å²) in [6.07, 6.45) is 1.92. The van der Waals surface area contributed by atoms with E-state index >= 15 is 0 Å². The van der Waals surface area contributed by atoms with Crippen LogP contribution in [0.15, 0.2) is 72.8 Å². The number of likely N-dealkylation sites (tertiary alicyclic amines) is 2. The van der Waals surface area contributed by atoms with Crippen LogP contribution < -0.4 is 5.73 Å². The summed E-state index contributed by atoms with van der Waals surface area (Å²) in [6.45, 7) is 5.21. The first-order chi connectivity index (χ1) is 17.0. The summed E-state index contributed by atoms with van der Waals surface area (Å²) in [7, 11) is 0. The Morgan fingerprint density at radius 1 is 1.03 bits per heavy atom. The standard InChI is InChI=1S/C29H33FN4O/c1-20(31)27-11-6-12-28(32-27)29(35)34-18-24(21-7-3-2-4-8-21)16-26(34)19-33-14-13-23(17-33)22-9-5-10-25(30)15-22/h2-12,15,20,23-24,26H,13-14,16-19,31H2,1H3. The maximum atomic E-state index is 13.8. The van der Waals surface area contributed by atoms with Crippen LogP contribution >= 0.6 is 0 Å². The van der Waals surface area contributed by atoms with Crippen molar-refractivity contribution in [1.29, 1.82) is 0 Å². The van der Waals surface area contributed by atoms with Crippen LogP contribution in [0.2, 0.25) is 0 Å². The fourth-order valence-corrected chi connectivity index (χ4v) is 5.61. The average molecular weight is 473 g/mol. The zero-order valence-corrected chi connectivity index (χ0v) is 20.2. The SMILES string of the molecule is CC(N)c1cccc(C(=O)N2CC(c3ccccc3)CC2CN2CCC(c3cccc(F)c3)C2)n1. The van der Waals surface area contributed by atoms with Crippen LogP contribution in [0.3, 0.4) is 0 Å². The second-order valence-corrected chi connectivity index (χ2v) is 9.99. The van der Waals surface area contributed by atoms with Crippen molar-refractivity contribution in [3.8, 4) is 0 Å². The number of nitrogens with two attached hydrogens (primary N) is 1. The van der Waals surface area contributed by atoms with Gasteiger partial charge in [-0.05, 0) is 67.6 Å². The Hall–Kier alpha value is -3.09. The van der Waals surface area contributed by atoms with Crippen molar-refractivity contribution >= 4 is 5.91 Å². The molecule has 4 atom stereocenters. The summed E-state index contributed by atoms with van der Waals surface area (Å²) in [5.41, 5.74) is 9.53. The number of aromatic nitrogens is 1. The molecule has 2 saturated heterocycles. The Morgan fingerprint density at radius 2 is 1.80 bits per heavy atom. The van der Waals surface area contributed by atoms with E-state index in [0.29, 0.717) is 24.1 Å². The third-order valence-corrected chi connectivity index (χ3v) is 7.46. The number of benzene rings is 2. The summed E-state index contributed by atoms with van der Waals surface area (Å²) >= 11 is 0. The van der Waals surface area contributed by atoms with Gasteiger partial charge in [-0.15, -0.1) is 0 Å². The minimum absolute atomic E-state index is 0.0307. The van der Waals surface area contributed by atoms with E-state index in [2.05, 4.69) is 34.1 Å². The first-order valence-electron chi connectivity index (χ1n) is 12.5. The van der Waals surface area contributed by atoms with E-state index in [9.17, 15) is 9.18 Å². The highest BCUT2D eigenvalue weighted by Gasteiger charge is 2.38. The molecule has 35 heavy (non-hydrogen) atoms. The maximum absolute atomic E-state index is 13.8. The van der Waals surface area contributed by atoms with E-state index in [0.717, 1.165) is 43.7 Å². The number of carbonyl (C=O) groups excluding carboxylic acids is 1. The predicted molar refractivity (Wildman–Crippen MR) is 136 cm³/mol. The third-order valence-electron chi connectivity index (χ3n) is 7.46. The number of pyridine rings is 1. The van der Waals surface area contributed by atoms with Gasteiger partial charge in [-0.25, -0.2) is 9.37 Å². The van der Waals surface area contributed by atoms with Crippen LogP contribution in [0.25, 0.3) is 0 Å². The van der Waals surface area contributed by atoms with Gasteiger partial charge in [-0.1, -0.05) is 48.5 Å². The van der Waals surface area contributed by atoms with E-state index in [1.165, 1.54) is 11.6 Å². The van der Waals surface area contributed by atoms with Gasteiger partial charge in [0.05, 0.1) is 5.69 Å². The largest absolute Gasteiger partial charge is 0.332 e. The molecule has 0 radical (unpaired) electrons. The zero-order valence-electron chi connectivity index (χ0n) is 20.2. The number of nitrogens with zero attached hydrogens (tertiary/aromatic N) is 3. The van der Waals surface area contributed by atoms with Crippen LogP contribution in [0.5, 0.6) is 0 Å². The van der Waals surface area contributed by atoms with E-state index in [1.54, 1.807) is 18.2 Å². The monoisotopic (exact) mass is 472 g/mol. The quantitative estimate of drug-likeness (QED) is 0.564. The van der Waals surface area contributed by atoms with Gasteiger partial charge in [-0.2, -0.15) is 0 Å². The van der Waals surface area contributed by atoms with E-state index in [1.807, 2.05) is 36.1 Å². The maximum Gasteiger partial charge on any atom is 0.272 e. The number of hydrogen-bond acceptors (Lipinski definition) is 4. The predicted octanol–water partition coefficient (Wildman–Crippen LogP) is 4.73. The van der Waals surface area contributed by atoms with Gasteiger partial charge < -0.3 is 15.5 Å².